The third kappa shape index (κ3) is 4.22. The summed E-state index contributed by atoms with van der Waals surface area (Å²) in [4.78, 5) is 2.35. The van der Waals surface area contributed by atoms with Crippen molar-refractivity contribution in [3.8, 4) is 22.3 Å². The lowest BCUT2D eigenvalue weighted by atomic mass is 10.00. The van der Waals surface area contributed by atoms with E-state index in [0.717, 1.165) is 39.0 Å². The Balaban J connectivity index is 1.32. The van der Waals surface area contributed by atoms with Crippen molar-refractivity contribution < 1.29 is 4.42 Å². The van der Waals surface area contributed by atoms with Crippen LogP contribution in [0.15, 0.2) is 168 Å². The van der Waals surface area contributed by atoms with E-state index in [1.54, 1.807) is 0 Å². The molecule has 7 aromatic carbocycles. The van der Waals surface area contributed by atoms with Crippen molar-refractivity contribution in [2.24, 2.45) is 0 Å². The molecule has 0 fully saturated rings. The molecule has 0 aliphatic carbocycles. The molecule has 1 aromatic heterocycles. The van der Waals surface area contributed by atoms with Gasteiger partial charge in [-0.2, -0.15) is 0 Å². The molecule has 2 nitrogen and oxygen atoms in total. The van der Waals surface area contributed by atoms with Gasteiger partial charge in [-0.1, -0.05) is 115 Å². The molecule has 0 aliphatic rings. The maximum atomic E-state index is 6.30. The summed E-state index contributed by atoms with van der Waals surface area (Å²) in [6.45, 7) is 0. The predicted octanol–water partition coefficient (Wildman–Crippen LogP) is 11.5. The maximum Gasteiger partial charge on any atom is 0.137 e. The van der Waals surface area contributed by atoms with E-state index in [0.29, 0.717) is 0 Å². The monoisotopic (exact) mass is 537 g/mol. The van der Waals surface area contributed by atoms with Crippen LogP contribution in [0.4, 0.5) is 17.1 Å². The topological polar surface area (TPSA) is 16.4 Å². The van der Waals surface area contributed by atoms with Gasteiger partial charge in [0.2, 0.25) is 0 Å². The quantitative estimate of drug-likeness (QED) is 0.217. The molecule has 0 bridgehead atoms. The molecule has 0 unspecified atom stereocenters. The molecule has 8 aromatic rings. The number of rotatable bonds is 5. The van der Waals surface area contributed by atoms with Crippen LogP contribution in [-0.4, -0.2) is 0 Å². The number of furan rings is 1. The molecule has 0 aliphatic heterocycles. The molecule has 0 N–H and O–H groups in total. The van der Waals surface area contributed by atoms with Crippen molar-refractivity contribution in [3.63, 3.8) is 0 Å². The summed E-state index contributed by atoms with van der Waals surface area (Å²) < 4.78 is 6.30. The summed E-state index contributed by atoms with van der Waals surface area (Å²) in [6, 6.07) is 58.0. The number of fused-ring (bicyclic) bond motifs is 4. The Kier molecular flexibility index (Phi) is 5.82. The highest BCUT2D eigenvalue weighted by Gasteiger charge is 2.19. The standard InChI is InChI=1S/C40H27NO/c1-2-10-28(11-3-1)30-22-24-34(25-23-30)41(37-17-9-19-39-40(37)36-16-6-7-18-38(36)42-39)35-15-8-14-32(27-35)33-21-20-29-12-4-5-13-31(29)26-33/h1-27H. The van der Waals surface area contributed by atoms with Crippen LogP contribution in [-0.2, 0) is 0 Å². The maximum absolute atomic E-state index is 6.30. The first-order valence-electron chi connectivity index (χ1n) is 14.3. The summed E-state index contributed by atoms with van der Waals surface area (Å²) >= 11 is 0. The molecular weight excluding hydrogens is 510 g/mol. The van der Waals surface area contributed by atoms with Gasteiger partial charge in [0.05, 0.1) is 11.1 Å². The summed E-state index contributed by atoms with van der Waals surface area (Å²) in [5.41, 5.74) is 9.80. The first-order chi connectivity index (χ1) is 20.8. The molecule has 198 valence electrons. The van der Waals surface area contributed by atoms with Crippen LogP contribution in [0.3, 0.4) is 0 Å². The van der Waals surface area contributed by atoms with E-state index in [1.807, 2.05) is 12.1 Å². The zero-order valence-corrected chi connectivity index (χ0v) is 22.9. The fourth-order valence-electron chi connectivity index (χ4n) is 6.00. The molecule has 2 heteroatoms. The second-order valence-electron chi connectivity index (χ2n) is 10.6. The van der Waals surface area contributed by atoms with Gasteiger partial charge < -0.3 is 9.32 Å². The minimum absolute atomic E-state index is 0.880. The Morgan fingerprint density at radius 2 is 1.02 bits per heavy atom. The predicted molar refractivity (Wildman–Crippen MR) is 177 cm³/mol. The van der Waals surface area contributed by atoms with Crippen LogP contribution >= 0.6 is 0 Å². The Bertz CT molecular complexity index is 2190. The minimum atomic E-state index is 0.880. The Labute approximate surface area is 244 Å². The first kappa shape index (κ1) is 24.2. The van der Waals surface area contributed by atoms with E-state index in [2.05, 4.69) is 157 Å². The summed E-state index contributed by atoms with van der Waals surface area (Å²) in [6.07, 6.45) is 0. The van der Waals surface area contributed by atoms with Gasteiger partial charge in [0.1, 0.15) is 11.2 Å². The number of hydrogen-bond donors (Lipinski definition) is 0. The third-order valence-corrected chi connectivity index (χ3v) is 8.04. The molecular formula is C40H27NO. The van der Waals surface area contributed by atoms with Gasteiger partial charge in [-0.15, -0.1) is 0 Å². The first-order valence-corrected chi connectivity index (χ1v) is 14.3. The fraction of sp³-hybridized carbons (Fsp3) is 0. The van der Waals surface area contributed by atoms with Crippen molar-refractivity contribution in [2.45, 2.75) is 0 Å². The SMILES string of the molecule is c1ccc(-c2ccc(N(c3cccc(-c4ccc5ccccc5c4)c3)c3cccc4oc5ccccc5c34)cc2)cc1. The molecule has 0 saturated carbocycles. The van der Waals surface area contributed by atoms with Gasteiger partial charge in [0.25, 0.3) is 0 Å². The van der Waals surface area contributed by atoms with E-state index in [4.69, 9.17) is 4.42 Å². The average Bonchev–Trinajstić information content (AvgIpc) is 3.45. The lowest BCUT2D eigenvalue weighted by Crippen LogP contribution is -2.10. The second-order valence-corrected chi connectivity index (χ2v) is 10.6. The number of anilines is 3. The normalized spacial score (nSPS) is 11.3. The Morgan fingerprint density at radius 3 is 1.90 bits per heavy atom. The molecule has 0 radical (unpaired) electrons. The second kappa shape index (κ2) is 10.1. The van der Waals surface area contributed by atoms with Crippen LogP contribution in [0.5, 0.6) is 0 Å². The number of para-hydroxylation sites is 1. The van der Waals surface area contributed by atoms with Gasteiger partial charge >= 0.3 is 0 Å². The van der Waals surface area contributed by atoms with Gasteiger partial charge in [0, 0.05) is 16.8 Å². The molecule has 0 saturated heterocycles. The number of hydrogen-bond acceptors (Lipinski definition) is 2. The van der Waals surface area contributed by atoms with Crippen molar-refractivity contribution in [1.82, 2.24) is 0 Å². The summed E-state index contributed by atoms with van der Waals surface area (Å²) in [5, 5.41) is 4.70. The smallest absolute Gasteiger partial charge is 0.137 e. The van der Waals surface area contributed by atoms with E-state index < -0.39 is 0 Å². The van der Waals surface area contributed by atoms with Gasteiger partial charge in [-0.05, 0) is 81.6 Å². The van der Waals surface area contributed by atoms with Crippen LogP contribution in [0.2, 0.25) is 0 Å². The Morgan fingerprint density at radius 1 is 0.381 bits per heavy atom. The highest BCUT2D eigenvalue weighted by molar-refractivity contribution is 6.13. The Hall–Kier alpha value is -5.60. The van der Waals surface area contributed by atoms with E-state index >= 15 is 0 Å². The van der Waals surface area contributed by atoms with Crippen LogP contribution < -0.4 is 4.90 Å². The van der Waals surface area contributed by atoms with Crippen LogP contribution in [0, 0.1) is 0 Å². The zero-order valence-electron chi connectivity index (χ0n) is 22.9. The number of nitrogens with zero attached hydrogens (tertiary/aromatic N) is 1. The number of benzene rings is 7. The zero-order chi connectivity index (χ0) is 27.9. The third-order valence-electron chi connectivity index (χ3n) is 8.04. The molecule has 0 spiro atoms. The molecule has 0 atom stereocenters. The highest BCUT2D eigenvalue weighted by atomic mass is 16.3. The lowest BCUT2D eigenvalue weighted by molar-refractivity contribution is 0.669. The fourth-order valence-corrected chi connectivity index (χ4v) is 6.00. The lowest BCUT2D eigenvalue weighted by Gasteiger charge is -2.27. The largest absolute Gasteiger partial charge is 0.456 e. The molecule has 42 heavy (non-hydrogen) atoms. The minimum Gasteiger partial charge on any atom is -0.456 e. The van der Waals surface area contributed by atoms with Crippen molar-refractivity contribution in [3.05, 3.63) is 164 Å². The average molecular weight is 538 g/mol. The van der Waals surface area contributed by atoms with Crippen LogP contribution in [0.25, 0.3) is 55.0 Å². The molecule has 1 heterocycles. The van der Waals surface area contributed by atoms with E-state index in [1.165, 1.54) is 33.0 Å². The van der Waals surface area contributed by atoms with Gasteiger partial charge in [-0.3, -0.25) is 0 Å². The van der Waals surface area contributed by atoms with E-state index in [9.17, 15) is 0 Å². The van der Waals surface area contributed by atoms with Gasteiger partial charge in [0.15, 0.2) is 0 Å². The summed E-state index contributed by atoms with van der Waals surface area (Å²) in [7, 11) is 0. The molecule has 8 rings (SSSR count). The van der Waals surface area contributed by atoms with Crippen molar-refractivity contribution in [2.75, 3.05) is 4.90 Å². The van der Waals surface area contributed by atoms with Crippen molar-refractivity contribution >= 4 is 49.8 Å². The summed E-state index contributed by atoms with van der Waals surface area (Å²) in [5.74, 6) is 0. The highest BCUT2D eigenvalue weighted by Crippen LogP contribution is 2.44. The van der Waals surface area contributed by atoms with E-state index in [-0.39, 0.29) is 0 Å². The van der Waals surface area contributed by atoms with Gasteiger partial charge in [-0.25, -0.2) is 0 Å². The van der Waals surface area contributed by atoms with Crippen LogP contribution in [0.1, 0.15) is 0 Å². The van der Waals surface area contributed by atoms with Crippen molar-refractivity contribution in [1.29, 1.82) is 0 Å². The molecule has 0 amide bonds.